The van der Waals surface area contributed by atoms with Crippen LogP contribution in [0.15, 0.2) is 53.4 Å². The summed E-state index contributed by atoms with van der Waals surface area (Å²) in [6, 6.07) is 15.3. The van der Waals surface area contributed by atoms with Crippen molar-refractivity contribution in [2.24, 2.45) is 0 Å². The number of carbonyl (C=O) groups is 1. The number of amides is 1. The van der Waals surface area contributed by atoms with E-state index in [-0.39, 0.29) is 5.91 Å². The van der Waals surface area contributed by atoms with E-state index >= 15 is 0 Å². The smallest absolute Gasteiger partial charge is 0.266 e. The molecule has 0 N–H and O–H groups in total. The van der Waals surface area contributed by atoms with Gasteiger partial charge in [0.1, 0.15) is 15.8 Å². The number of hydrogen-bond donors (Lipinski definition) is 0. The summed E-state index contributed by atoms with van der Waals surface area (Å²) < 4.78 is 11.2. The molecule has 1 aliphatic rings. The van der Waals surface area contributed by atoms with Crippen molar-refractivity contribution in [1.82, 2.24) is 4.90 Å². The number of hydrogen-bond acceptors (Lipinski definition) is 5. The zero-order chi connectivity index (χ0) is 17.8. The van der Waals surface area contributed by atoms with Crippen molar-refractivity contribution in [1.29, 1.82) is 0 Å². The third-order valence-corrected chi connectivity index (χ3v) is 5.16. The maximum atomic E-state index is 12.7. The minimum atomic E-state index is -0.0864. The summed E-state index contributed by atoms with van der Waals surface area (Å²) in [5, 5.41) is 0. The van der Waals surface area contributed by atoms with E-state index in [2.05, 4.69) is 0 Å². The average molecular weight is 371 g/mol. The first-order valence-electron chi connectivity index (χ1n) is 7.63. The van der Waals surface area contributed by atoms with Gasteiger partial charge in [0.25, 0.3) is 5.91 Å². The predicted octanol–water partition coefficient (Wildman–Crippen LogP) is 4.11. The SMILES string of the molecule is COc1ccc(/C=C2\SC(=S)N(Cc3ccccc3)C2=O)c(OC)c1. The van der Waals surface area contributed by atoms with Gasteiger partial charge in [-0.05, 0) is 23.8 Å². The second-order valence-corrected chi connectivity index (χ2v) is 7.04. The van der Waals surface area contributed by atoms with E-state index in [1.807, 2.05) is 48.5 Å². The van der Waals surface area contributed by atoms with Crippen LogP contribution in [0.3, 0.4) is 0 Å². The van der Waals surface area contributed by atoms with E-state index in [0.29, 0.717) is 27.3 Å². The van der Waals surface area contributed by atoms with E-state index in [1.54, 1.807) is 25.2 Å². The van der Waals surface area contributed by atoms with Crippen molar-refractivity contribution < 1.29 is 14.3 Å². The van der Waals surface area contributed by atoms with Gasteiger partial charge < -0.3 is 9.47 Å². The molecule has 0 aromatic heterocycles. The highest BCUT2D eigenvalue weighted by Crippen LogP contribution is 2.35. The molecule has 4 nitrogen and oxygen atoms in total. The van der Waals surface area contributed by atoms with Gasteiger partial charge in [-0.3, -0.25) is 9.69 Å². The standard InChI is InChI=1S/C19H17NO3S2/c1-22-15-9-8-14(16(11-15)23-2)10-17-18(21)20(19(24)25-17)12-13-6-4-3-5-7-13/h3-11H,12H2,1-2H3/b17-10-. The minimum absolute atomic E-state index is 0.0864. The largest absolute Gasteiger partial charge is 0.497 e. The van der Waals surface area contributed by atoms with E-state index < -0.39 is 0 Å². The Hall–Kier alpha value is -2.31. The molecule has 1 saturated heterocycles. The molecule has 1 aliphatic heterocycles. The molecule has 25 heavy (non-hydrogen) atoms. The van der Waals surface area contributed by atoms with Gasteiger partial charge in [0.05, 0.1) is 25.7 Å². The molecule has 128 valence electrons. The van der Waals surface area contributed by atoms with Crippen LogP contribution in [0.2, 0.25) is 0 Å². The summed E-state index contributed by atoms with van der Waals surface area (Å²) >= 11 is 6.69. The second kappa shape index (κ2) is 7.72. The number of nitrogens with zero attached hydrogens (tertiary/aromatic N) is 1. The molecule has 0 atom stereocenters. The highest BCUT2D eigenvalue weighted by Gasteiger charge is 2.32. The highest BCUT2D eigenvalue weighted by atomic mass is 32.2. The van der Waals surface area contributed by atoms with E-state index in [9.17, 15) is 4.79 Å². The molecule has 0 radical (unpaired) electrons. The van der Waals surface area contributed by atoms with Crippen molar-refractivity contribution in [2.45, 2.75) is 6.54 Å². The molecule has 2 aromatic carbocycles. The van der Waals surface area contributed by atoms with Gasteiger partial charge in [-0.2, -0.15) is 0 Å². The fourth-order valence-electron chi connectivity index (χ4n) is 2.48. The quantitative estimate of drug-likeness (QED) is 0.584. The van der Waals surface area contributed by atoms with Gasteiger partial charge in [0.2, 0.25) is 0 Å². The Balaban J connectivity index is 1.85. The summed E-state index contributed by atoms with van der Waals surface area (Å²) in [5.41, 5.74) is 1.85. The number of ether oxygens (including phenoxy) is 2. The van der Waals surface area contributed by atoms with E-state index in [0.717, 1.165) is 11.1 Å². The maximum absolute atomic E-state index is 12.7. The van der Waals surface area contributed by atoms with Crippen molar-refractivity contribution in [2.75, 3.05) is 14.2 Å². The van der Waals surface area contributed by atoms with Crippen molar-refractivity contribution in [3.05, 3.63) is 64.6 Å². The molecule has 0 spiro atoms. The van der Waals surface area contributed by atoms with Crippen LogP contribution < -0.4 is 9.47 Å². The molecule has 0 unspecified atom stereocenters. The molecule has 1 amide bonds. The van der Waals surface area contributed by atoms with Gasteiger partial charge in [-0.25, -0.2) is 0 Å². The molecule has 0 saturated carbocycles. The van der Waals surface area contributed by atoms with Crippen LogP contribution in [0.25, 0.3) is 6.08 Å². The zero-order valence-corrected chi connectivity index (χ0v) is 15.5. The second-order valence-electron chi connectivity index (χ2n) is 5.36. The third kappa shape index (κ3) is 3.86. The Kier molecular flexibility index (Phi) is 5.40. The van der Waals surface area contributed by atoms with Crippen LogP contribution in [-0.4, -0.2) is 29.3 Å². The maximum Gasteiger partial charge on any atom is 0.266 e. The lowest BCUT2D eigenvalue weighted by atomic mass is 10.1. The van der Waals surface area contributed by atoms with Crippen molar-refractivity contribution in [3.8, 4) is 11.5 Å². The lowest BCUT2D eigenvalue weighted by molar-refractivity contribution is -0.122. The fourth-order valence-corrected chi connectivity index (χ4v) is 3.73. The molecular formula is C19H17NO3S2. The van der Waals surface area contributed by atoms with Crippen LogP contribution >= 0.6 is 24.0 Å². The first-order chi connectivity index (χ1) is 12.1. The first kappa shape index (κ1) is 17.5. The van der Waals surface area contributed by atoms with E-state index in [4.69, 9.17) is 21.7 Å². The van der Waals surface area contributed by atoms with Crippen LogP contribution in [0.1, 0.15) is 11.1 Å². The lowest BCUT2D eigenvalue weighted by Crippen LogP contribution is -2.27. The van der Waals surface area contributed by atoms with Gasteiger partial charge in [-0.15, -0.1) is 0 Å². The summed E-state index contributed by atoms with van der Waals surface area (Å²) in [4.78, 5) is 14.9. The Bertz CT molecular complexity index is 834. The van der Waals surface area contributed by atoms with Gasteiger partial charge >= 0.3 is 0 Å². The van der Waals surface area contributed by atoms with Crippen LogP contribution in [0.5, 0.6) is 11.5 Å². The van der Waals surface area contributed by atoms with Gasteiger partial charge in [0.15, 0.2) is 0 Å². The summed E-state index contributed by atoms with van der Waals surface area (Å²) in [7, 11) is 3.19. The molecule has 3 rings (SSSR count). The number of thiocarbonyl (C=S) groups is 1. The number of carbonyl (C=O) groups excluding carboxylic acids is 1. The van der Waals surface area contributed by atoms with Crippen molar-refractivity contribution in [3.63, 3.8) is 0 Å². The Morgan fingerprint density at radius 1 is 1.12 bits per heavy atom. The van der Waals surface area contributed by atoms with Crippen molar-refractivity contribution >= 4 is 40.3 Å². The average Bonchev–Trinajstić information content (AvgIpc) is 2.90. The molecule has 6 heteroatoms. The Morgan fingerprint density at radius 3 is 2.56 bits per heavy atom. The number of rotatable bonds is 5. The lowest BCUT2D eigenvalue weighted by Gasteiger charge is -2.14. The predicted molar refractivity (Wildman–Crippen MR) is 105 cm³/mol. The summed E-state index contributed by atoms with van der Waals surface area (Å²) in [6.45, 7) is 0.475. The first-order valence-corrected chi connectivity index (χ1v) is 8.86. The molecule has 0 aliphatic carbocycles. The molecule has 1 fully saturated rings. The number of thioether (sulfide) groups is 1. The fraction of sp³-hybridized carbons (Fsp3) is 0.158. The normalized spacial score (nSPS) is 15.8. The Morgan fingerprint density at radius 2 is 1.88 bits per heavy atom. The molecular weight excluding hydrogens is 354 g/mol. The third-order valence-electron chi connectivity index (χ3n) is 3.78. The van der Waals surface area contributed by atoms with Crippen LogP contribution in [-0.2, 0) is 11.3 Å². The Labute approximate surface area is 156 Å². The summed E-state index contributed by atoms with van der Waals surface area (Å²) in [5.74, 6) is 1.26. The highest BCUT2D eigenvalue weighted by molar-refractivity contribution is 8.26. The number of benzene rings is 2. The van der Waals surface area contributed by atoms with E-state index in [1.165, 1.54) is 11.8 Å². The van der Waals surface area contributed by atoms with Gasteiger partial charge in [-0.1, -0.05) is 54.3 Å². The molecule has 1 heterocycles. The molecule has 0 bridgehead atoms. The minimum Gasteiger partial charge on any atom is -0.497 e. The summed E-state index contributed by atoms with van der Waals surface area (Å²) in [6.07, 6.45) is 1.81. The van der Waals surface area contributed by atoms with Crippen LogP contribution in [0.4, 0.5) is 0 Å². The molecule has 2 aromatic rings. The van der Waals surface area contributed by atoms with Crippen LogP contribution in [0, 0.1) is 0 Å². The van der Waals surface area contributed by atoms with Gasteiger partial charge in [0, 0.05) is 11.6 Å². The topological polar surface area (TPSA) is 38.8 Å². The monoisotopic (exact) mass is 371 g/mol. The zero-order valence-electron chi connectivity index (χ0n) is 13.9. The number of methoxy groups -OCH3 is 2.